The number of nitrogens with zero attached hydrogens (tertiary/aromatic N) is 2. The van der Waals surface area contributed by atoms with Crippen molar-refractivity contribution in [2.45, 2.75) is 44.7 Å². The fraction of sp³-hybridized carbons (Fsp3) is 0.256. The predicted octanol–water partition coefficient (Wildman–Crippen LogP) is 6.80. The average Bonchev–Trinajstić information content (AvgIpc) is 3.40. The zero-order chi connectivity index (χ0) is 36.4. The van der Waals surface area contributed by atoms with E-state index in [2.05, 4.69) is 6.92 Å². The highest BCUT2D eigenvalue weighted by atomic mass is 16.7. The predicted molar refractivity (Wildman–Crippen MR) is 196 cm³/mol. The number of amides is 2. The van der Waals surface area contributed by atoms with Crippen LogP contribution in [0.1, 0.15) is 74.0 Å². The summed E-state index contributed by atoms with van der Waals surface area (Å²) in [5, 5.41) is 30.5. The first kappa shape index (κ1) is 35.3. The van der Waals surface area contributed by atoms with Crippen LogP contribution in [0.5, 0.6) is 5.75 Å². The molecule has 0 unspecified atom stereocenters. The Bertz CT molecular complexity index is 2010. The molecule has 1 saturated heterocycles. The highest BCUT2D eigenvalue weighted by Gasteiger charge is 2.39. The number of carbonyl (C=O) groups is 2. The summed E-state index contributed by atoms with van der Waals surface area (Å²) >= 11 is 0. The molecule has 9 heteroatoms. The quantitative estimate of drug-likeness (QED) is 0.129. The number of hydrogen-bond donors (Lipinski definition) is 3. The van der Waals surface area contributed by atoms with E-state index in [1.54, 1.807) is 48.5 Å². The molecule has 0 bridgehead atoms. The fourth-order valence-electron chi connectivity index (χ4n) is 7.16. The van der Waals surface area contributed by atoms with Gasteiger partial charge in [-0.05, 0) is 64.7 Å². The van der Waals surface area contributed by atoms with E-state index in [0.29, 0.717) is 29.8 Å². The Balaban J connectivity index is 1.11. The Hall–Kier alpha value is -5.16. The van der Waals surface area contributed by atoms with E-state index in [4.69, 9.17) is 9.47 Å². The summed E-state index contributed by atoms with van der Waals surface area (Å²) in [5.74, 6) is -0.525. The van der Waals surface area contributed by atoms with Crippen LogP contribution in [0.15, 0.2) is 121 Å². The molecule has 3 N–H and O–H groups in total. The number of benzene rings is 5. The molecule has 5 aromatic carbocycles. The Labute approximate surface area is 303 Å². The maximum absolute atomic E-state index is 13.1. The van der Waals surface area contributed by atoms with Crippen molar-refractivity contribution in [1.82, 2.24) is 9.80 Å². The highest BCUT2D eigenvalue weighted by Crippen LogP contribution is 2.42. The summed E-state index contributed by atoms with van der Waals surface area (Å²) in [5.41, 5.74) is 6.80. The van der Waals surface area contributed by atoms with Gasteiger partial charge in [-0.15, -0.1) is 0 Å². The number of aromatic hydroxyl groups is 1. The molecule has 9 nitrogen and oxygen atoms in total. The molecule has 2 aliphatic rings. The molecular weight excluding hydrogens is 656 g/mol. The molecule has 0 aromatic heterocycles. The summed E-state index contributed by atoms with van der Waals surface area (Å²) in [6, 6.07) is 37.1. The minimum Gasteiger partial charge on any atom is -0.508 e. The number of likely N-dealkylation sites (N-methyl/N-ethyl adjacent to an activating group) is 1. The van der Waals surface area contributed by atoms with Gasteiger partial charge in [-0.3, -0.25) is 14.5 Å². The zero-order valence-corrected chi connectivity index (χ0v) is 29.1. The molecule has 5 aromatic rings. The maximum Gasteiger partial charge on any atom is 0.261 e. The van der Waals surface area contributed by atoms with E-state index >= 15 is 0 Å². The van der Waals surface area contributed by atoms with E-state index < -0.39 is 12.4 Å². The van der Waals surface area contributed by atoms with Crippen molar-refractivity contribution in [3.8, 4) is 16.9 Å². The summed E-state index contributed by atoms with van der Waals surface area (Å²) in [7, 11) is 1.94. The van der Waals surface area contributed by atoms with Gasteiger partial charge >= 0.3 is 0 Å². The van der Waals surface area contributed by atoms with Crippen molar-refractivity contribution in [1.29, 1.82) is 0 Å². The van der Waals surface area contributed by atoms with Crippen molar-refractivity contribution >= 4 is 11.8 Å². The maximum atomic E-state index is 13.1. The molecule has 0 radical (unpaired) electrons. The third-order valence-corrected chi connectivity index (χ3v) is 10.1. The first-order chi connectivity index (χ1) is 25.2. The van der Waals surface area contributed by atoms with Crippen molar-refractivity contribution in [3.63, 3.8) is 0 Å². The summed E-state index contributed by atoms with van der Waals surface area (Å²) in [6.45, 7) is 3.07. The molecular formula is C43H42N2O7. The Kier molecular flexibility index (Phi) is 10.3. The van der Waals surface area contributed by atoms with Crippen molar-refractivity contribution < 1.29 is 34.4 Å². The standard InChI is InChI=1S/C43H42N2O7/c1-27-39(25-44(2)24-38(48)32-9-7-10-34(47)22-32)51-43(52-40(27)30-16-14-28(26-46)15-17-30)31-20-18-29(19-21-31)35-11-4-3-8-33(35)23-45-41(49)36-12-5-6-13-37(36)42(45)50/h3-22,27,38-40,43,46-48H,23-26H2,1-2H3/t27-,38-,39+,40+,43+/m1/s1. The number of aliphatic hydroxyl groups is 2. The van der Waals surface area contributed by atoms with E-state index in [9.17, 15) is 24.9 Å². The molecule has 2 aliphatic heterocycles. The normalized spacial score (nSPS) is 20.7. The van der Waals surface area contributed by atoms with Gasteiger partial charge in [0.2, 0.25) is 0 Å². The third kappa shape index (κ3) is 7.27. The van der Waals surface area contributed by atoms with Crippen molar-refractivity contribution in [2.75, 3.05) is 20.1 Å². The number of phenolic OH excluding ortho intramolecular Hbond substituents is 1. The van der Waals surface area contributed by atoms with Crippen LogP contribution in [0.4, 0.5) is 0 Å². The second kappa shape index (κ2) is 15.2. The lowest BCUT2D eigenvalue weighted by atomic mass is 9.90. The lowest BCUT2D eigenvalue weighted by Gasteiger charge is -2.42. The van der Waals surface area contributed by atoms with E-state index in [0.717, 1.165) is 33.4 Å². The molecule has 52 heavy (non-hydrogen) atoms. The molecule has 2 amide bonds. The van der Waals surface area contributed by atoms with E-state index in [-0.39, 0.29) is 48.8 Å². The van der Waals surface area contributed by atoms with Gasteiger partial charge in [0.1, 0.15) is 5.75 Å². The first-order valence-electron chi connectivity index (χ1n) is 17.5. The average molecular weight is 699 g/mol. The number of ether oxygens (including phenoxy) is 2. The largest absolute Gasteiger partial charge is 0.508 e. The van der Waals surface area contributed by atoms with Crippen molar-refractivity contribution in [3.05, 3.63) is 160 Å². The monoisotopic (exact) mass is 698 g/mol. The van der Waals surface area contributed by atoms with Gasteiger partial charge in [-0.1, -0.05) is 104 Å². The number of rotatable bonds is 11. The molecule has 266 valence electrons. The third-order valence-electron chi connectivity index (χ3n) is 10.1. The number of aliphatic hydroxyl groups excluding tert-OH is 2. The molecule has 0 spiro atoms. The minimum absolute atomic E-state index is 0.0458. The van der Waals surface area contributed by atoms with Gasteiger partial charge in [0, 0.05) is 24.6 Å². The number of phenols is 1. The van der Waals surface area contributed by atoms with Gasteiger partial charge in [-0.25, -0.2) is 0 Å². The molecule has 0 saturated carbocycles. The highest BCUT2D eigenvalue weighted by molar-refractivity contribution is 6.21. The van der Waals surface area contributed by atoms with Crippen LogP contribution in [0.2, 0.25) is 0 Å². The van der Waals surface area contributed by atoms with Crippen LogP contribution in [-0.4, -0.2) is 63.2 Å². The van der Waals surface area contributed by atoms with Crippen LogP contribution in [0.3, 0.4) is 0 Å². The smallest absolute Gasteiger partial charge is 0.261 e. The molecule has 2 heterocycles. The summed E-state index contributed by atoms with van der Waals surface area (Å²) in [4.78, 5) is 29.6. The van der Waals surface area contributed by atoms with Crippen LogP contribution in [0.25, 0.3) is 11.1 Å². The molecule has 0 aliphatic carbocycles. The number of hydrogen-bond acceptors (Lipinski definition) is 8. The Morgan fingerprint density at radius 3 is 2.06 bits per heavy atom. The van der Waals surface area contributed by atoms with Gasteiger partial charge in [0.05, 0.1) is 42.6 Å². The minimum atomic E-state index is -0.794. The second-order valence-corrected chi connectivity index (χ2v) is 13.7. The summed E-state index contributed by atoms with van der Waals surface area (Å²) < 4.78 is 13.3. The fourth-order valence-corrected chi connectivity index (χ4v) is 7.16. The number of imide groups is 1. The van der Waals surface area contributed by atoms with Gasteiger partial charge < -0.3 is 29.7 Å². The first-order valence-corrected chi connectivity index (χ1v) is 17.5. The summed E-state index contributed by atoms with van der Waals surface area (Å²) in [6.07, 6.45) is -2.04. The van der Waals surface area contributed by atoms with Gasteiger partial charge in [0.15, 0.2) is 6.29 Å². The van der Waals surface area contributed by atoms with Crippen LogP contribution >= 0.6 is 0 Å². The van der Waals surface area contributed by atoms with E-state index in [1.807, 2.05) is 84.7 Å². The Morgan fingerprint density at radius 1 is 0.769 bits per heavy atom. The topological polar surface area (TPSA) is 120 Å². The number of fused-ring (bicyclic) bond motifs is 1. The lowest BCUT2D eigenvalue weighted by molar-refractivity contribution is -0.276. The zero-order valence-electron chi connectivity index (χ0n) is 29.1. The van der Waals surface area contributed by atoms with Crippen LogP contribution in [0, 0.1) is 5.92 Å². The SMILES string of the molecule is C[C@@H]1[C@H](CN(C)C[C@@H](O)c2cccc(O)c2)O[C@H](c2ccc(-c3ccccc3CN3C(=O)c4ccccc4C3=O)cc2)O[C@@H]1c1ccc(CO)cc1. The van der Waals surface area contributed by atoms with Gasteiger partial charge in [0.25, 0.3) is 11.8 Å². The van der Waals surface area contributed by atoms with Crippen molar-refractivity contribution in [2.24, 2.45) is 5.92 Å². The molecule has 7 rings (SSSR count). The Morgan fingerprint density at radius 2 is 1.40 bits per heavy atom. The molecule has 1 fully saturated rings. The van der Waals surface area contributed by atoms with E-state index in [1.165, 1.54) is 4.90 Å². The second-order valence-electron chi connectivity index (χ2n) is 13.7. The lowest BCUT2D eigenvalue weighted by Crippen LogP contribution is -2.44. The van der Waals surface area contributed by atoms with Crippen LogP contribution in [-0.2, 0) is 22.6 Å². The number of carbonyl (C=O) groups excluding carboxylic acids is 2. The van der Waals surface area contributed by atoms with Gasteiger partial charge in [-0.2, -0.15) is 0 Å². The molecule has 5 atom stereocenters. The van der Waals surface area contributed by atoms with Crippen LogP contribution < -0.4 is 0 Å².